The number of rotatable bonds is 6. The molecule has 0 spiro atoms. The first-order chi connectivity index (χ1) is 8.31. The zero-order chi connectivity index (χ0) is 12.1. The number of fused-ring (bicyclic) bond motifs is 1. The second kappa shape index (κ2) is 6.75. The molecule has 1 saturated heterocycles. The molecular weight excluding hydrogens is 208 g/mol. The Labute approximate surface area is 107 Å². The average molecular weight is 238 g/mol. The van der Waals surface area contributed by atoms with Crippen LogP contribution in [0.3, 0.4) is 0 Å². The van der Waals surface area contributed by atoms with Crippen molar-refractivity contribution in [1.29, 1.82) is 0 Å². The first kappa shape index (κ1) is 13.4. The molecule has 2 nitrogen and oxygen atoms in total. The summed E-state index contributed by atoms with van der Waals surface area (Å²) in [6, 6.07) is 1.64. The summed E-state index contributed by atoms with van der Waals surface area (Å²) in [5.41, 5.74) is 0. The molecule has 17 heavy (non-hydrogen) atoms. The highest BCUT2D eigenvalue weighted by Gasteiger charge is 2.34. The Morgan fingerprint density at radius 1 is 1.24 bits per heavy atom. The quantitative estimate of drug-likeness (QED) is 0.765. The van der Waals surface area contributed by atoms with Gasteiger partial charge in [0.05, 0.1) is 0 Å². The van der Waals surface area contributed by atoms with E-state index in [0.29, 0.717) is 6.04 Å². The van der Waals surface area contributed by atoms with Crippen molar-refractivity contribution >= 4 is 0 Å². The smallest absolute Gasteiger partial charge is 0.0123 e. The summed E-state index contributed by atoms with van der Waals surface area (Å²) >= 11 is 0. The molecule has 3 unspecified atom stereocenters. The molecule has 0 amide bonds. The van der Waals surface area contributed by atoms with Crippen LogP contribution < -0.4 is 5.32 Å². The third-order valence-corrected chi connectivity index (χ3v) is 4.70. The summed E-state index contributed by atoms with van der Waals surface area (Å²) < 4.78 is 0. The molecule has 0 aromatic heterocycles. The van der Waals surface area contributed by atoms with Crippen molar-refractivity contribution in [2.45, 2.75) is 70.9 Å². The molecule has 0 radical (unpaired) electrons. The Hall–Kier alpha value is -0.0800. The van der Waals surface area contributed by atoms with Crippen LogP contribution in [0.1, 0.15) is 58.8 Å². The van der Waals surface area contributed by atoms with Gasteiger partial charge in [-0.05, 0) is 71.0 Å². The maximum atomic E-state index is 3.60. The van der Waals surface area contributed by atoms with Gasteiger partial charge in [-0.2, -0.15) is 0 Å². The van der Waals surface area contributed by atoms with E-state index in [0.717, 1.165) is 12.0 Å². The third-order valence-electron chi connectivity index (χ3n) is 4.70. The van der Waals surface area contributed by atoms with Crippen molar-refractivity contribution < 1.29 is 0 Å². The first-order valence-corrected chi connectivity index (χ1v) is 7.78. The SMILES string of the molecule is CCCNC(C)CCN1CCCC2CCCC21. The molecule has 0 bridgehead atoms. The van der Waals surface area contributed by atoms with E-state index in [1.165, 1.54) is 64.6 Å². The van der Waals surface area contributed by atoms with Crippen LogP contribution >= 0.6 is 0 Å². The molecule has 2 fully saturated rings. The summed E-state index contributed by atoms with van der Waals surface area (Å²) in [6.45, 7) is 8.44. The fourth-order valence-electron chi connectivity index (χ4n) is 3.69. The van der Waals surface area contributed by atoms with E-state index in [1.807, 2.05) is 0 Å². The normalized spacial score (nSPS) is 31.4. The van der Waals surface area contributed by atoms with Crippen LogP contribution in [0.25, 0.3) is 0 Å². The van der Waals surface area contributed by atoms with Gasteiger partial charge < -0.3 is 10.2 Å². The molecule has 2 rings (SSSR count). The van der Waals surface area contributed by atoms with Gasteiger partial charge in [0.15, 0.2) is 0 Å². The van der Waals surface area contributed by atoms with Crippen LogP contribution in [0, 0.1) is 5.92 Å². The van der Waals surface area contributed by atoms with Crippen LogP contribution in [-0.4, -0.2) is 36.6 Å². The number of nitrogens with zero attached hydrogens (tertiary/aromatic N) is 1. The van der Waals surface area contributed by atoms with Gasteiger partial charge in [0.25, 0.3) is 0 Å². The monoisotopic (exact) mass is 238 g/mol. The summed E-state index contributed by atoms with van der Waals surface area (Å²) in [4.78, 5) is 2.80. The zero-order valence-corrected chi connectivity index (χ0v) is 11.8. The van der Waals surface area contributed by atoms with E-state index in [9.17, 15) is 0 Å². The lowest BCUT2D eigenvalue weighted by atomic mass is 9.92. The largest absolute Gasteiger partial charge is 0.314 e. The van der Waals surface area contributed by atoms with Gasteiger partial charge in [-0.3, -0.25) is 0 Å². The van der Waals surface area contributed by atoms with Crippen LogP contribution in [0.15, 0.2) is 0 Å². The van der Waals surface area contributed by atoms with Crippen molar-refractivity contribution in [2.75, 3.05) is 19.6 Å². The van der Waals surface area contributed by atoms with Crippen LogP contribution in [0.5, 0.6) is 0 Å². The zero-order valence-electron chi connectivity index (χ0n) is 11.8. The molecule has 1 N–H and O–H groups in total. The van der Waals surface area contributed by atoms with E-state index in [4.69, 9.17) is 0 Å². The summed E-state index contributed by atoms with van der Waals surface area (Å²) in [5, 5.41) is 3.60. The van der Waals surface area contributed by atoms with E-state index in [-0.39, 0.29) is 0 Å². The number of hydrogen-bond acceptors (Lipinski definition) is 2. The van der Waals surface area contributed by atoms with Crippen molar-refractivity contribution in [3.63, 3.8) is 0 Å². The van der Waals surface area contributed by atoms with Crippen molar-refractivity contribution in [1.82, 2.24) is 10.2 Å². The fourth-order valence-corrected chi connectivity index (χ4v) is 3.69. The van der Waals surface area contributed by atoms with Gasteiger partial charge in [-0.1, -0.05) is 13.3 Å². The second-order valence-corrected chi connectivity index (χ2v) is 6.08. The summed E-state index contributed by atoms with van der Waals surface area (Å²) in [6.07, 6.45) is 9.98. The predicted octanol–water partition coefficient (Wildman–Crippen LogP) is 3.03. The maximum absolute atomic E-state index is 3.60. The van der Waals surface area contributed by atoms with Gasteiger partial charge in [0, 0.05) is 12.1 Å². The number of nitrogens with one attached hydrogen (secondary N) is 1. The van der Waals surface area contributed by atoms with Gasteiger partial charge >= 0.3 is 0 Å². The molecule has 1 heterocycles. The second-order valence-electron chi connectivity index (χ2n) is 6.08. The van der Waals surface area contributed by atoms with Gasteiger partial charge in [0.1, 0.15) is 0 Å². The third kappa shape index (κ3) is 3.69. The topological polar surface area (TPSA) is 15.3 Å². The van der Waals surface area contributed by atoms with E-state index in [2.05, 4.69) is 24.1 Å². The minimum absolute atomic E-state index is 0.691. The molecule has 0 aromatic rings. The van der Waals surface area contributed by atoms with Gasteiger partial charge in [-0.25, -0.2) is 0 Å². The van der Waals surface area contributed by atoms with Crippen LogP contribution in [0.2, 0.25) is 0 Å². The molecule has 3 atom stereocenters. The number of likely N-dealkylation sites (tertiary alicyclic amines) is 1. The number of piperidine rings is 1. The molecule has 2 heteroatoms. The van der Waals surface area contributed by atoms with Crippen molar-refractivity contribution in [3.05, 3.63) is 0 Å². The van der Waals surface area contributed by atoms with Crippen LogP contribution in [-0.2, 0) is 0 Å². The van der Waals surface area contributed by atoms with Crippen LogP contribution in [0.4, 0.5) is 0 Å². The molecule has 1 aliphatic carbocycles. The highest BCUT2D eigenvalue weighted by atomic mass is 15.2. The standard InChI is InChI=1S/C15H30N2/c1-3-10-16-13(2)9-12-17-11-5-7-14-6-4-8-15(14)17/h13-16H,3-12H2,1-2H3. The lowest BCUT2D eigenvalue weighted by Gasteiger charge is -2.38. The lowest BCUT2D eigenvalue weighted by molar-refractivity contribution is 0.109. The predicted molar refractivity (Wildman–Crippen MR) is 74.3 cm³/mol. The number of hydrogen-bond donors (Lipinski definition) is 1. The van der Waals surface area contributed by atoms with Gasteiger partial charge in [-0.15, -0.1) is 0 Å². The van der Waals surface area contributed by atoms with E-state index < -0.39 is 0 Å². The summed E-state index contributed by atoms with van der Waals surface area (Å²) in [5.74, 6) is 1.04. The Bertz CT molecular complexity index is 217. The van der Waals surface area contributed by atoms with E-state index in [1.54, 1.807) is 0 Å². The summed E-state index contributed by atoms with van der Waals surface area (Å²) in [7, 11) is 0. The Morgan fingerprint density at radius 2 is 2.06 bits per heavy atom. The van der Waals surface area contributed by atoms with E-state index >= 15 is 0 Å². The molecular formula is C15H30N2. The Balaban J connectivity index is 1.70. The van der Waals surface area contributed by atoms with Crippen molar-refractivity contribution in [3.8, 4) is 0 Å². The Kier molecular flexibility index (Phi) is 5.30. The molecule has 100 valence electrons. The minimum Gasteiger partial charge on any atom is -0.314 e. The first-order valence-electron chi connectivity index (χ1n) is 7.78. The highest BCUT2D eigenvalue weighted by Crippen LogP contribution is 2.36. The maximum Gasteiger partial charge on any atom is 0.0123 e. The Morgan fingerprint density at radius 3 is 2.88 bits per heavy atom. The fraction of sp³-hybridized carbons (Fsp3) is 1.00. The lowest BCUT2D eigenvalue weighted by Crippen LogP contribution is -2.44. The molecule has 1 aliphatic heterocycles. The van der Waals surface area contributed by atoms with Gasteiger partial charge in [0.2, 0.25) is 0 Å². The van der Waals surface area contributed by atoms with Crippen molar-refractivity contribution in [2.24, 2.45) is 5.92 Å². The molecule has 0 aromatic carbocycles. The minimum atomic E-state index is 0.691. The molecule has 1 saturated carbocycles. The highest BCUT2D eigenvalue weighted by molar-refractivity contribution is 4.89. The average Bonchev–Trinajstić information content (AvgIpc) is 2.82. The molecule has 2 aliphatic rings.